The van der Waals surface area contributed by atoms with Gasteiger partial charge in [-0.15, -0.1) is 0 Å². The number of benzene rings is 1. The summed E-state index contributed by atoms with van der Waals surface area (Å²) >= 11 is 0. The topological polar surface area (TPSA) is 55.6 Å². The normalized spacial score (nSPS) is 12.0. The number of nitrogen functional groups attached to an aromatic ring is 1. The number of carbonyl (C=O) groups is 1. The van der Waals surface area contributed by atoms with E-state index in [9.17, 15) is 4.79 Å². The molecule has 0 aliphatic carbocycles. The van der Waals surface area contributed by atoms with Gasteiger partial charge in [-0.05, 0) is 30.5 Å². The quantitative estimate of drug-likeness (QED) is 0.586. The maximum Gasteiger partial charge on any atom is 0.340 e. The molecule has 1 rings (SSSR count). The third-order valence-electron chi connectivity index (χ3n) is 3.72. The van der Waals surface area contributed by atoms with E-state index in [1.165, 1.54) is 12.8 Å². The van der Waals surface area contributed by atoms with Crippen molar-refractivity contribution in [3.63, 3.8) is 0 Å². The summed E-state index contributed by atoms with van der Waals surface area (Å²) in [7, 11) is 3.80. The summed E-state index contributed by atoms with van der Waals surface area (Å²) in [6.07, 6.45) is 4.49. The molecule has 1 aromatic rings. The number of carbonyl (C=O) groups excluding carboxylic acids is 1. The molecule has 0 aromatic heterocycles. The maximum absolute atomic E-state index is 12.3. The van der Waals surface area contributed by atoms with E-state index in [1.807, 2.05) is 25.1 Å². The van der Waals surface area contributed by atoms with Crippen LogP contribution in [0.5, 0.6) is 0 Å². The van der Waals surface area contributed by atoms with Gasteiger partial charge in [0.25, 0.3) is 0 Å². The molecule has 4 heteroatoms. The van der Waals surface area contributed by atoms with Crippen molar-refractivity contribution >= 4 is 17.3 Å². The first-order chi connectivity index (χ1) is 9.99. The molecule has 1 aromatic carbocycles. The summed E-state index contributed by atoms with van der Waals surface area (Å²) < 4.78 is 5.50. The van der Waals surface area contributed by atoms with Crippen LogP contribution in [0.25, 0.3) is 0 Å². The van der Waals surface area contributed by atoms with Gasteiger partial charge in [0.15, 0.2) is 0 Å². The van der Waals surface area contributed by atoms with Crippen LogP contribution in [0.3, 0.4) is 0 Å². The molecular weight excluding hydrogens is 264 g/mol. The third kappa shape index (κ3) is 5.29. The number of unbranched alkanes of at least 4 members (excludes halogenated alkanes) is 1. The van der Waals surface area contributed by atoms with Crippen LogP contribution in [0.1, 0.15) is 49.9 Å². The molecule has 0 saturated carbocycles. The van der Waals surface area contributed by atoms with Gasteiger partial charge in [0.2, 0.25) is 0 Å². The van der Waals surface area contributed by atoms with Gasteiger partial charge in [0.05, 0.1) is 17.9 Å². The minimum atomic E-state index is -0.291. The minimum Gasteiger partial charge on any atom is -0.462 e. The first-order valence-corrected chi connectivity index (χ1v) is 7.73. The second-order valence-electron chi connectivity index (χ2n) is 5.69. The second kappa shape index (κ2) is 8.55. The summed E-state index contributed by atoms with van der Waals surface area (Å²) in [6.45, 7) is 4.80. The third-order valence-corrected chi connectivity index (χ3v) is 3.72. The Kier molecular flexibility index (Phi) is 7.06. The Morgan fingerprint density at radius 3 is 2.62 bits per heavy atom. The summed E-state index contributed by atoms with van der Waals surface area (Å²) in [5, 5.41) is 0. The number of ether oxygens (including phenoxy) is 1. The molecule has 0 aliphatic heterocycles. The van der Waals surface area contributed by atoms with E-state index < -0.39 is 0 Å². The molecule has 0 heterocycles. The van der Waals surface area contributed by atoms with Gasteiger partial charge in [0.1, 0.15) is 0 Å². The van der Waals surface area contributed by atoms with E-state index >= 15 is 0 Å². The van der Waals surface area contributed by atoms with Crippen molar-refractivity contribution < 1.29 is 9.53 Å². The van der Waals surface area contributed by atoms with E-state index in [0.29, 0.717) is 23.8 Å². The van der Waals surface area contributed by atoms with E-state index in [2.05, 4.69) is 13.8 Å². The Morgan fingerprint density at radius 2 is 2.05 bits per heavy atom. The number of rotatable bonds is 8. The fourth-order valence-corrected chi connectivity index (χ4v) is 2.28. The van der Waals surface area contributed by atoms with Gasteiger partial charge >= 0.3 is 5.97 Å². The predicted octanol–water partition coefficient (Wildman–Crippen LogP) is 3.71. The molecule has 1 atom stereocenters. The van der Waals surface area contributed by atoms with Crippen LogP contribution >= 0.6 is 0 Å². The fraction of sp³-hybridized carbons (Fsp3) is 0.588. The molecular formula is C17H28N2O2. The van der Waals surface area contributed by atoms with E-state index in [-0.39, 0.29) is 5.97 Å². The fourth-order valence-electron chi connectivity index (χ4n) is 2.28. The van der Waals surface area contributed by atoms with Crippen molar-refractivity contribution in [1.82, 2.24) is 0 Å². The standard InChI is InChI=1S/C17H28N2O2/c1-5-7-8-13(6-2)12-21-17(20)15-11-14(18)9-10-16(15)19(3)4/h9-11,13H,5-8,12,18H2,1-4H3. The number of hydrogen-bond acceptors (Lipinski definition) is 4. The largest absolute Gasteiger partial charge is 0.462 e. The van der Waals surface area contributed by atoms with Crippen LogP contribution in [0, 0.1) is 5.92 Å². The molecule has 0 fully saturated rings. The summed E-state index contributed by atoms with van der Waals surface area (Å²) in [5.41, 5.74) is 7.72. The lowest BCUT2D eigenvalue weighted by Crippen LogP contribution is -2.18. The molecule has 2 N–H and O–H groups in total. The highest BCUT2D eigenvalue weighted by atomic mass is 16.5. The molecule has 0 saturated heterocycles. The van der Waals surface area contributed by atoms with Gasteiger partial charge in [-0.3, -0.25) is 0 Å². The number of nitrogens with zero attached hydrogens (tertiary/aromatic N) is 1. The van der Waals surface area contributed by atoms with Gasteiger partial charge < -0.3 is 15.4 Å². The highest BCUT2D eigenvalue weighted by Crippen LogP contribution is 2.23. The Labute approximate surface area is 128 Å². The van der Waals surface area contributed by atoms with Gasteiger partial charge in [-0.25, -0.2) is 4.79 Å². The van der Waals surface area contributed by atoms with Crippen LogP contribution in [-0.4, -0.2) is 26.7 Å². The molecule has 4 nitrogen and oxygen atoms in total. The number of hydrogen-bond donors (Lipinski definition) is 1. The van der Waals surface area contributed by atoms with Crippen LogP contribution in [-0.2, 0) is 4.74 Å². The van der Waals surface area contributed by atoms with Crippen LogP contribution < -0.4 is 10.6 Å². The Hall–Kier alpha value is -1.71. The smallest absolute Gasteiger partial charge is 0.340 e. The number of nitrogens with two attached hydrogens (primary N) is 1. The lowest BCUT2D eigenvalue weighted by Gasteiger charge is -2.19. The summed E-state index contributed by atoms with van der Waals surface area (Å²) in [6, 6.07) is 5.33. The van der Waals surface area contributed by atoms with E-state index in [0.717, 1.165) is 18.5 Å². The van der Waals surface area contributed by atoms with Crippen LogP contribution in [0.15, 0.2) is 18.2 Å². The van der Waals surface area contributed by atoms with Crippen molar-refractivity contribution in [2.75, 3.05) is 31.3 Å². The Balaban J connectivity index is 2.73. The molecule has 0 spiro atoms. The molecule has 1 unspecified atom stereocenters. The predicted molar refractivity (Wildman–Crippen MR) is 88.8 cm³/mol. The molecule has 0 aliphatic rings. The Bertz CT molecular complexity index is 458. The molecule has 21 heavy (non-hydrogen) atoms. The lowest BCUT2D eigenvalue weighted by atomic mass is 10.0. The second-order valence-corrected chi connectivity index (χ2v) is 5.69. The first-order valence-electron chi connectivity index (χ1n) is 7.73. The van der Waals surface area contributed by atoms with Crippen molar-refractivity contribution in [2.24, 2.45) is 5.92 Å². The van der Waals surface area contributed by atoms with Crippen molar-refractivity contribution in [2.45, 2.75) is 39.5 Å². The Morgan fingerprint density at radius 1 is 1.33 bits per heavy atom. The van der Waals surface area contributed by atoms with E-state index in [1.54, 1.807) is 12.1 Å². The zero-order valence-corrected chi connectivity index (χ0v) is 13.7. The van der Waals surface area contributed by atoms with Crippen molar-refractivity contribution in [3.8, 4) is 0 Å². The highest BCUT2D eigenvalue weighted by molar-refractivity contribution is 5.96. The van der Waals surface area contributed by atoms with Gasteiger partial charge in [-0.1, -0.05) is 33.1 Å². The number of anilines is 2. The SMILES string of the molecule is CCCCC(CC)COC(=O)c1cc(N)ccc1N(C)C. The van der Waals surface area contributed by atoms with Gasteiger partial charge in [0, 0.05) is 19.8 Å². The average Bonchev–Trinajstić information content (AvgIpc) is 2.46. The van der Waals surface area contributed by atoms with Crippen LogP contribution in [0.2, 0.25) is 0 Å². The zero-order chi connectivity index (χ0) is 15.8. The van der Waals surface area contributed by atoms with Crippen molar-refractivity contribution in [3.05, 3.63) is 23.8 Å². The number of esters is 1. The highest BCUT2D eigenvalue weighted by Gasteiger charge is 2.16. The summed E-state index contributed by atoms with van der Waals surface area (Å²) in [4.78, 5) is 14.2. The molecule has 0 amide bonds. The first kappa shape index (κ1) is 17.3. The van der Waals surface area contributed by atoms with Gasteiger partial charge in [-0.2, -0.15) is 0 Å². The molecule has 118 valence electrons. The molecule has 0 bridgehead atoms. The van der Waals surface area contributed by atoms with Crippen molar-refractivity contribution in [1.29, 1.82) is 0 Å². The zero-order valence-electron chi connectivity index (χ0n) is 13.7. The average molecular weight is 292 g/mol. The lowest BCUT2D eigenvalue weighted by molar-refractivity contribution is 0.0429. The van der Waals surface area contributed by atoms with E-state index in [4.69, 9.17) is 10.5 Å². The van der Waals surface area contributed by atoms with Crippen LogP contribution in [0.4, 0.5) is 11.4 Å². The maximum atomic E-state index is 12.3. The monoisotopic (exact) mass is 292 g/mol. The molecule has 0 radical (unpaired) electrons. The minimum absolute atomic E-state index is 0.291. The summed E-state index contributed by atoms with van der Waals surface area (Å²) in [5.74, 6) is 0.152.